The van der Waals surface area contributed by atoms with Crippen LogP contribution in [-0.2, 0) is 9.53 Å². The lowest BCUT2D eigenvalue weighted by atomic mass is 9.86. The van der Waals surface area contributed by atoms with Crippen LogP contribution in [0.15, 0.2) is 24.3 Å². The first-order chi connectivity index (χ1) is 10.5. The molecule has 22 heavy (non-hydrogen) atoms. The van der Waals surface area contributed by atoms with Crippen LogP contribution in [0.2, 0.25) is 5.02 Å². The largest absolute Gasteiger partial charge is 0.460 e. The minimum atomic E-state index is -0.891. The van der Waals surface area contributed by atoms with E-state index in [1.54, 1.807) is 19.1 Å². The molecule has 2 saturated carbocycles. The van der Waals surface area contributed by atoms with Crippen molar-refractivity contribution in [1.29, 1.82) is 0 Å². The maximum absolute atomic E-state index is 12.1. The summed E-state index contributed by atoms with van der Waals surface area (Å²) in [5.41, 5.74) is 0.601. The van der Waals surface area contributed by atoms with Crippen molar-refractivity contribution in [3.63, 3.8) is 0 Å². The van der Waals surface area contributed by atoms with Crippen LogP contribution in [0.5, 0.6) is 0 Å². The molecule has 1 aromatic rings. The molecular weight excluding hydrogens is 300 g/mol. The highest BCUT2D eigenvalue weighted by Crippen LogP contribution is 2.49. The first kappa shape index (κ1) is 15.8. The summed E-state index contributed by atoms with van der Waals surface area (Å²) in [6, 6.07) is 7.11. The summed E-state index contributed by atoms with van der Waals surface area (Å²) in [6.45, 7) is 1.71. The smallest absolute Gasteiger partial charge is 0.306 e. The van der Waals surface area contributed by atoms with E-state index in [-0.39, 0.29) is 5.97 Å². The number of rotatable bonds is 5. The van der Waals surface area contributed by atoms with Crippen molar-refractivity contribution in [2.75, 3.05) is 0 Å². The van der Waals surface area contributed by atoms with E-state index in [0.717, 1.165) is 5.92 Å². The van der Waals surface area contributed by atoms with Crippen LogP contribution >= 0.6 is 11.6 Å². The SMILES string of the molecule is C[C@H](OC(=O)CC1CC2CCC1C2)[C@@H](O)c1ccccc1Cl. The van der Waals surface area contributed by atoms with Gasteiger partial charge in [-0.05, 0) is 50.0 Å². The summed E-state index contributed by atoms with van der Waals surface area (Å²) >= 11 is 6.08. The number of esters is 1. The van der Waals surface area contributed by atoms with Gasteiger partial charge in [-0.3, -0.25) is 4.79 Å². The van der Waals surface area contributed by atoms with Crippen LogP contribution in [0.25, 0.3) is 0 Å². The number of halogens is 1. The van der Waals surface area contributed by atoms with Crippen molar-refractivity contribution in [3.8, 4) is 0 Å². The van der Waals surface area contributed by atoms with E-state index in [0.29, 0.717) is 28.8 Å². The van der Waals surface area contributed by atoms with Gasteiger partial charge in [0.25, 0.3) is 0 Å². The quantitative estimate of drug-likeness (QED) is 0.829. The molecule has 5 atom stereocenters. The predicted molar refractivity (Wildman–Crippen MR) is 85.5 cm³/mol. The molecule has 0 saturated heterocycles. The normalized spacial score (nSPS) is 29.3. The third-order valence-electron chi connectivity index (χ3n) is 5.30. The van der Waals surface area contributed by atoms with Crippen LogP contribution < -0.4 is 0 Å². The number of carbonyl (C=O) groups excluding carboxylic acids is 1. The second-order valence-electron chi connectivity index (χ2n) is 6.80. The van der Waals surface area contributed by atoms with E-state index in [9.17, 15) is 9.90 Å². The number of benzene rings is 1. The van der Waals surface area contributed by atoms with Gasteiger partial charge in [0.1, 0.15) is 12.2 Å². The summed E-state index contributed by atoms with van der Waals surface area (Å²) in [6.07, 6.45) is 4.05. The highest BCUT2D eigenvalue weighted by atomic mass is 35.5. The topological polar surface area (TPSA) is 46.5 Å². The van der Waals surface area contributed by atoms with Crippen LogP contribution in [-0.4, -0.2) is 17.2 Å². The van der Waals surface area contributed by atoms with Gasteiger partial charge >= 0.3 is 5.97 Å². The fourth-order valence-electron chi connectivity index (χ4n) is 4.13. The molecule has 1 aromatic carbocycles. The fourth-order valence-corrected chi connectivity index (χ4v) is 4.38. The highest BCUT2D eigenvalue weighted by Gasteiger charge is 2.40. The van der Waals surface area contributed by atoms with E-state index >= 15 is 0 Å². The molecule has 2 aliphatic carbocycles. The number of ether oxygens (including phenoxy) is 1. The van der Waals surface area contributed by atoms with Gasteiger partial charge in [-0.1, -0.05) is 36.2 Å². The van der Waals surface area contributed by atoms with Crippen molar-refractivity contribution >= 4 is 17.6 Å². The Bertz CT molecular complexity index is 545. The van der Waals surface area contributed by atoms with E-state index in [4.69, 9.17) is 16.3 Å². The molecular formula is C18H23ClO3. The Morgan fingerprint density at radius 3 is 2.77 bits per heavy atom. The fraction of sp³-hybridized carbons (Fsp3) is 0.611. The van der Waals surface area contributed by atoms with Gasteiger partial charge < -0.3 is 9.84 Å². The zero-order valence-electron chi connectivity index (χ0n) is 12.9. The Labute approximate surface area is 136 Å². The van der Waals surface area contributed by atoms with Crippen LogP contribution in [0.4, 0.5) is 0 Å². The number of fused-ring (bicyclic) bond motifs is 2. The lowest BCUT2D eigenvalue weighted by Gasteiger charge is -2.24. The average Bonchev–Trinajstić information content (AvgIpc) is 3.09. The predicted octanol–water partition coefficient (Wildman–Crippen LogP) is 4.13. The summed E-state index contributed by atoms with van der Waals surface area (Å²) in [5, 5.41) is 10.8. The monoisotopic (exact) mass is 322 g/mol. The second kappa shape index (κ2) is 6.59. The van der Waals surface area contributed by atoms with Gasteiger partial charge in [-0.25, -0.2) is 0 Å². The van der Waals surface area contributed by atoms with Crippen LogP contribution in [0.3, 0.4) is 0 Å². The summed E-state index contributed by atoms with van der Waals surface area (Å²) in [4.78, 5) is 12.1. The van der Waals surface area contributed by atoms with Gasteiger partial charge in [-0.2, -0.15) is 0 Å². The molecule has 0 amide bonds. The molecule has 0 aromatic heterocycles. The maximum atomic E-state index is 12.1. The number of aliphatic hydroxyl groups is 1. The van der Waals surface area contributed by atoms with Gasteiger partial charge in [0, 0.05) is 17.0 Å². The minimum absolute atomic E-state index is 0.198. The maximum Gasteiger partial charge on any atom is 0.306 e. The number of hydrogen-bond donors (Lipinski definition) is 1. The summed E-state index contributed by atoms with van der Waals surface area (Å²) in [5.74, 6) is 1.82. The zero-order chi connectivity index (χ0) is 15.7. The Morgan fingerprint density at radius 1 is 1.36 bits per heavy atom. The number of aliphatic hydroxyl groups excluding tert-OH is 1. The molecule has 2 bridgehead atoms. The van der Waals surface area contributed by atoms with Gasteiger partial charge in [-0.15, -0.1) is 0 Å². The molecule has 3 unspecified atom stereocenters. The van der Waals surface area contributed by atoms with Crippen molar-refractivity contribution in [2.45, 2.75) is 51.2 Å². The number of carbonyl (C=O) groups is 1. The van der Waals surface area contributed by atoms with Crippen LogP contribution in [0.1, 0.15) is 50.7 Å². The van der Waals surface area contributed by atoms with Crippen molar-refractivity contribution in [3.05, 3.63) is 34.9 Å². The molecule has 3 nitrogen and oxygen atoms in total. The molecule has 1 N–H and O–H groups in total. The standard InChI is InChI=1S/C18H23ClO3/c1-11(18(21)15-4-2-3-5-16(15)19)22-17(20)10-14-9-12-6-7-13(14)8-12/h2-5,11-14,18,21H,6-10H2,1H3/t11-,12?,13?,14?,18+/m0/s1. The van der Waals surface area contributed by atoms with Crippen molar-refractivity contribution < 1.29 is 14.6 Å². The van der Waals surface area contributed by atoms with Gasteiger partial charge in [0.2, 0.25) is 0 Å². The molecule has 2 fully saturated rings. The minimum Gasteiger partial charge on any atom is -0.460 e. The Kier molecular flexibility index (Phi) is 4.74. The molecule has 120 valence electrons. The van der Waals surface area contributed by atoms with E-state index in [1.165, 1.54) is 25.7 Å². The van der Waals surface area contributed by atoms with Crippen LogP contribution in [0, 0.1) is 17.8 Å². The Morgan fingerprint density at radius 2 is 2.14 bits per heavy atom. The molecule has 3 rings (SSSR count). The molecule has 4 heteroatoms. The summed E-state index contributed by atoms with van der Waals surface area (Å²) < 4.78 is 5.44. The highest BCUT2D eigenvalue weighted by molar-refractivity contribution is 6.31. The average molecular weight is 323 g/mol. The lowest BCUT2D eigenvalue weighted by Crippen LogP contribution is -2.25. The third kappa shape index (κ3) is 3.31. The van der Waals surface area contributed by atoms with E-state index < -0.39 is 12.2 Å². The Balaban J connectivity index is 1.53. The van der Waals surface area contributed by atoms with Crippen molar-refractivity contribution in [2.24, 2.45) is 17.8 Å². The molecule has 0 aliphatic heterocycles. The molecule has 0 heterocycles. The number of hydrogen-bond acceptors (Lipinski definition) is 3. The second-order valence-corrected chi connectivity index (χ2v) is 7.21. The first-order valence-electron chi connectivity index (χ1n) is 8.16. The molecule has 2 aliphatic rings. The van der Waals surface area contributed by atoms with Crippen molar-refractivity contribution in [1.82, 2.24) is 0 Å². The van der Waals surface area contributed by atoms with Gasteiger partial charge in [0.15, 0.2) is 0 Å². The third-order valence-corrected chi connectivity index (χ3v) is 5.64. The van der Waals surface area contributed by atoms with E-state index in [1.807, 2.05) is 12.1 Å². The van der Waals surface area contributed by atoms with Gasteiger partial charge in [0.05, 0.1) is 0 Å². The zero-order valence-corrected chi connectivity index (χ0v) is 13.6. The molecule has 0 radical (unpaired) electrons. The summed E-state index contributed by atoms with van der Waals surface area (Å²) in [7, 11) is 0. The molecule has 0 spiro atoms. The van der Waals surface area contributed by atoms with E-state index in [2.05, 4.69) is 0 Å². The lowest BCUT2D eigenvalue weighted by molar-refractivity contribution is -0.155. The first-order valence-corrected chi connectivity index (χ1v) is 8.54. The Hall–Kier alpha value is -1.06.